The maximum Gasteiger partial charge on any atom is 0.433 e. The fourth-order valence-electron chi connectivity index (χ4n) is 2.11. The third-order valence-electron chi connectivity index (χ3n) is 3.18. The molecule has 0 unspecified atom stereocenters. The second-order valence-corrected chi connectivity index (χ2v) is 4.74. The molecule has 8 heteroatoms. The summed E-state index contributed by atoms with van der Waals surface area (Å²) in [5.41, 5.74) is 3.53. The molecule has 0 radical (unpaired) electrons. The third-order valence-corrected chi connectivity index (χ3v) is 3.18. The van der Waals surface area contributed by atoms with Crippen LogP contribution >= 0.6 is 0 Å². The Labute approximate surface area is 136 Å². The van der Waals surface area contributed by atoms with Gasteiger partial charge in [-0.25, -0.2) is 5.43 Å². The molecule has 1 aromatic carbocycles. The summed E-state index contributed by atoms with van der Waals surface area (Å²) in [6.07, 6.45) is 4.86. The maximum absolute atomic E-state index is 12.3. The van der Waals surface area contributed by atoms with Gasteiger partial charge in [-0.3, -0.25) is 14.9 Å². The van der Waals surface area contributed by atoms with Crippen LogP contribution < -0.4 is 5.43 Å². The molecule has 0 spiro atoms. The molecule has 24 heavy (non-hydrogen) atoms. The Morgan fingerprint density at radius 3 is 2.62 bits per heavy atom. The highest BCUT2D eigenvalue weighted by atomic mass is 16.6. The summed E-state index contributed by atoms with van der Waals surface area (Å²) in [5.74, 6) is -0.627. The van der Waals surface area contributed by atoms with Crippen molar-refractivity contribution in [1.29, 1.82) is 0 Å². The largest absolute Gasteiger partial charge is 0.433 e. The van der Waals surface area contributed by atoms with E-state index in [1.54, 1.807) is 12.1 Å². The van der Waals surface area contributed by atoms with E-state index in [0.29, 0.717) is 11.3 Å². The highest BCUT2D eigenvalue weighted by Crippen LogP contribution is 2.15. The van der Waals surface area contributed by atoms with Crippen LogP contribution in [0.4, 0.5) is 5.88 Å². The molecule has 0 saturated heterocycles. The van der Waals surface area contributed by atoms with Gasteiger partial charge in [0, 0.05) is 12.4 Å². The van der Waals surface area contributed by atoms with Crippen LogP contribution in [0, 0.1) is 10.1 Å². The number of rotatable bonds is 5. The van der Waals surface area contributed by atoms with Gasteiger partial charge < -0.3 is 8.98 Å². The minimum absolute atomic E-state index is 0.167. The lowest BCUT2D eigenvalue weighted by molar-refractivity contribution is -0.402. The number of benzene rings is 1. The van der Waals surface area contributed by atoms with Crippen LogP contribution in [0.15, 0.2) is 70.4 Å². The van der Waals surface area contributed by atoms with Crippen LogP contribution in [0.5, 0.6) is 0 Å². The summed E-state index contributed by atoms with van der Waals surface area (Å²) < 4.78 is 6.73. The summed E-state index contributed by atoms with van der Waals surface area (Å²) in [6, 6.07) is 13.4. The quantitative estimate of drug-likeness (QED) is 0.443. The van der Waals surface area contributed by atoms with Crippen LogP contribution in [0.25, 0.3) is 5.69 Å². The lowest BCUT2D eigenvalue weighted by Gasteiger charge is -2.08. The van der Waals surface area contributed by atoms with Gasteiger partial charge in [-0.05, 0) is 30.3 Å². The Morgan fingerprint density at radius 1 is 1.17 bits per heavy atom. The van der Waals surface area contributed by atoms with Crippen LogP contribution in [0.2, 0.25) is 0 Å². The van der Waals surface area contributed by atoms with Crippen molar-refractivity contribution in [3.05, 3.63) is 82.4 Å². The third kappa shape index (κ3) is 3.22. The van der Waals surface area contributed by atoms with Crippen LogP contribution in [0.3, 0.4) is 0 Å². The van der Waals surface area contributed by atoms with E-state index in [9.17, 15) is 14.9 Å². The second-order valence-electron chi connectivity index (χ2n) is 4.74. The standard InChI is InChI=1S/C16H12N4O4/c21-16(18-17-11-12-7-8-15(24-12)20(22)23)13-5-1-2-6-14(13)19-9-3-4-10-19/h1-11H,(H,18,21)/b17-11+. The molecule has 1 N–H and O–H groups in total. The first-order chi connectivity index (χ1) is 11.6. The van der Waals surface area contributed by atoms with E-state index in [1.165, 1.54) is 18.3 Å². The van der Waals surface area contributed by atoms with E-state index in [1.807, 2.05) is 41.2 Å². The van der Waals surface area contributed by atoms with E-state index in [-0.39, 0.29) is 11.6 Å². The van der Waals surface area contributed by atoms with Gasteiger partial charge >= 0.3 is 5.88 Å². The van der Waals surface area contributed by atoms with E-state index in [4.69, 9.17) is 4.42 Å². The zero-order valence-electron chi connectivity index (χ0n) is 12.3. The summed E-state index contributed by atoms with van der Waals surface area (Å²) in [4.78, 5) is 22.2. The molecule has 2 aromatic heterocycles. The van der Waals surface area contributed by atoms with Crippen molar-refractivity contribution in [3.63, 3.8) is 0 Å². The minimum Gasteiger partial charge on any atom is -0.400 e. The number of hydrogen-bond acceptors (Lipinski definition) is 5. The molecule has 120 valence electrons. The van der Waals surface area contributed by atoms with Crippen molar-refractivity contribution in [1.82, 2.24) is 9.99 Å². The maximum atomic E-state index is 12.3. The molecule has 0 saturated carbocycles. The van der Waals surface area contributed by atoms with Gasteiger partial charge in [0.2, 0.25) is 0 Å². The highest BCUT2D eigenvalue weighted by Gasteiger charge is 2.12. The number of nitro groups is 1. The molecule has 3 rings (SSSR count). The van der Waals surface area contributed by atoms with E-state index < -0.39 is 10.8 Å². The zero-order chi connectivity index (χ0) is 16.9. The number of aromatic nitrogens is 1. The number of amides is 1. The number of hydrogen-bond donors (Lipinski definition) is 1. The predicted octanol–water partition coefficient (Wildman–Crippen LogP) is 2.74. The first-order valence-corrected chi connectivity index (χ1v) is 6.95. The summed E-state index contributed by atoms with van der Waals surface area (Å²) in [5, 5.41) is 14.3. The second kappa shape index (κ2) is 6.61. The van der Waals surface area contributed by atoms with Gasteiger partial charge in [0.05, 0.1) is 23.5 Å². The molecular formula is C16H12N4O4. The van der Waals surface area contributed by atoms with Gasteiger partial charge in [0.15, 0.2) is 5.76 Å². The Kier molecular flexibility index (Phi) is 4.19. The zero-order valence-corrected chi connectivity index (χ0v) is 12.3. The molecule has 2 heterocycles. The number of furan rings is 1. The SMILES string of the molecule is O=C(N/N=C/c1ccc([N+](=O)[O-])o1)c1ccccc1-n1cccc1. The first-order valence-electron chi connectivity index (χ1n) is 6.95. The summed E-state index contributed by atoms with van der Waals surface area (Å²) in [6.45, 7) is 0. The van der Waals surface area contributed by atoms with Crippen molar-refractivity contribution >= 4 is 18.0 Å². The minimum atomic E-state index is -0.650. The average Bonchev–Trinajstić information content (AvgIpc) is 3.26. The molecule has 0 bridgehead atoms. The number of para-hydroxylation sites is 1. The van der Waals surface area contributed by atoms with Gasteiger partial charge in [-0.2, -0.15) is 5.10 Å². The molecule has 0 aliphatic heterocycles. The number of hydrazone groups is 1. The predicted molar refractivity (Wildman–Crippen MR) is 86.2 cm³/mol. The van der Waals surface area contributed by atoms with Crippen LogP contribution in [-0.2, 0) is 0 Å². The number of carbonyl (C=O) groups excluding carboxylic acids is 1. The Bertz CT molecular complexity index is 896. The first kappa shape index (κ1) is 15.2. The Balaban J connectivity index is 1.74. The highest BCUT2D eigenvalue weighted by molar-refractivity contribution is 5.98. The lowest BCUT2D eigenvalue weighted by Crippen LogP contribution is -2.19. The van der Waals surface area contributed by atoms with Crippen molar-refractivity contribution in [2.45, 2.75) is 0 Å². The monoisotopic (exact) mass is 324 g/mol. The fourth-order valence-corrected chi connectivity index (χ4v) is 2.11. The van der Waals surface area contributed by atoms with Gasteiger partial charge in [-0.1, -0.05) is 12.1 Å². The summed E-state index contributed by atoms with van der Waals surface area (Å²) in [7, 11) is 0. The Hall–Kier alpha value is -3.68. The van der Waals surface area contributed by atoms with Gasteiger partial charge in [0.25, 0.3) is 5.91 Å². The molecule has 0 atom stereocenters. The molecule has 8 nitrogen and oxygen atoms in total. The van der Waals surface area contributed by atoms with E-state index >= 15 is 0 Å². The van der Waals surface area contributed by atoms with Gasteiger partial charge in [-0.15, -0.1) is 0 Å². The molecule has 1 amide bonds. The van der Waals surface area contributed by atoms with Gasteiger partial charge in [0.1, 0.15) is 4.92 Å². The van der Waals surface area contributed by atoms with E-state index in [0.717, 1.165) is 0 Å². The van der Waals surface area contributed by atoms with Crippen LogP contribution in [-0.4, -0.2) is 21.6 Å². The van der Waals surface area contributed by atoms with Crippen molar-refractivity contribution < 1.29 is 14.1 Å². The summed E-state index contributed by atoms with van der Waals surface area (Å²) >= 11 is 0. The molecule has 0 aliphatic carbocycles. The topological polar surface area (TPSA) is 103 Å². The smallest absolute Gasteiger partial charge is 0.400 e. The lowest BCUT2D eigenvalue weighted by atomic mass is 10.1. The molecule has 0 aliphatic rings. The van der Waals surface area contributed by atoms with Crippen molar-refractivity contribution in [2.24, 2.45) is 5.10 Å². The average molecular weight is 324 g/mol. The molecular weight excluding hydrogens is 312 g/mol. The number of nitrogens with one attached hydrogen (secondary N) is 1. The van der Waals surface area contributed by atoms with Crippen molar-refractivity contribution in [2.75, 3.05) is 0 Å². The molecule has 3 aromatic rings. The Morgan fingerprint density at radius 2 is 1.92 bits per heavy atom. The fraction of sp³-hybridized carbons (Fsp3) is 0. The van der Waals surface area contributed by atoms with E-state index in [2.05, 4.69) is 10.5 Å². The van der Waals surface area contributed by atoms with Crippen molar-refractivity contribution in [3.8, 4) is 5.69 Å². The normalized spacial score (nSPS) is 10.8. The molecule has 0 fully saturated rings. The number of carbonyl (C=O) groups is 1. The number of nitrogens with zero attached hydrogens (tertiary/aromatic N) is 3. The van der Waals surface area contributed by atoms with Crippen LogP contribution in [0.1, 0.15) is 16.1 Å².